The van der Waals surface area contributed by atoms with Gasteiger partial charge in [-0.15, -0.1) is 11.8 Å². The number of carbonyl (C=O) groups is 1. The number of aliphatic carboxylic acids is 1. The summed E-state index contributed by atoms with van der Waals surface area (Å²) in [6, 6.07) is 6.53. The van der Waals surface area contributed by atoms with Crippen molar-refractivity contribution in [3.8, 4) is 5.75 Å². The van der Waals surface area contributed by atoms with E-state index in [0.717, 1.165) is 17.8 Å². The van der Waals surface area contributed by atoms with Gasteiger partial charge in [-0.25, -0.2) is 17.6 Å². The molecule has 11 heteroatoms. The molecule has 2 heterocycles. The van der Waals surface area contributed by atoms with Crippen molar-refractivity contribution in [2.75, 3.05) is 32.5 Å². The molecule has 2 N–H and O–H groups in total. The maximum absolute atomic E-state index is 15.8. The predicted molar refractivity (Wildman–Crippen MR) is 140 cm³/mol. The molecule has 1 atom stereocenters. The molecule has 0 spiro atoms. The largest absolute Gasteiger partial charge is 0.497 e. The van der Waals surface area contributed by atoms with Gasteiger partial charge in [0.25, 0.3) is 0 Å². The molecule has 210 valence electrons. The van der Waals surface area contributed by atoms with E-state index in [1.165, 1.54) is 13.3 Å². The van der Waals surface area contributed by atoms with E-state index in [9.17, 15) is 28.2 Å². The molecule has 2 aromatic carbocycles. The number of hydrogen-bond donors (Lipinski definition) is 2. The summed E-state index contributed by atoms with van der Waals surface area (Å²) in [6.07, 6.45) is 0.594. The smallest absolute Gasteiger partial charge is 0.309 e. The average Bonchev–Trinajstić information content (AvgIpc) is 2.93. The Morgan fingerprint density at radius 3 is 2.62 bits per heavy atom. The summed E-state index contributed by atoms with van der Waals surface area (Å²) in [6.45, 7) is 0.968. The maximum atomic E-state index is 15.8. The van der Waals surface area contributed by atoms with Crippen LogP contribution in [0.15, 0.2) is 41.4 Å². The highest BCUT2D eigenvalue weighted by Crippen LogP contribution is 2.41. The lowest BCUT2D eigenvalue weighted by Gasteiger charge is -2.39. The number of piperidine rings is 1. The zero-order chi connectivity index (χ0) is 28.2. The van der Waals surface area contributed by atoms with Gasteiger partial charge in [-0.05, 0) is 63.0 Å². The molecule has 0 saturated carbocycles. The highest BCUT2D eigenvalue weighted by Gasteiger charge is 2.41. The number of halogens is 4. The molecule has 0 radical (unpaired) electrons. The Balaban J connectivity index is 1.39. The normalized spacial score (nSPS) is 16.4. The number of fused-ring (bicyclic) bond motifs is 1. The number of rotatable bonds is 11. The van der Waals surface area contributed by atoms with Crippen molar-refractivity contribution < 1.29 is 37.3 Å². The van der Waals surface area contributed by atoms with Crippen LogP contribution in [0.3, 0.4) is 0 Å². The molecule has 0 amide bonds. The van der Waals surface area contributed by atoms with Crippen molar-refractivity contribution in [3.05, 3.63) is 65.1 Å². The van der Waals surface area contributed by atoms with Crippen LogP contribution in [0.5, 0.6) is 5.75 Å². The fourth-order valence-electron chi connectivity index (χ4n) is 5.10. The van der Waals surface area contributed by atoms with E-state index >= 15 is 4.39 Å². The second kappa shape index (κ2) is 12.5. The number of methoxy groups -OCH3 is 1. The molecule has 39 heavy (non-hydrogen) atoms. The van der Waals surface area contributed by atoms with Crippen LogP contribution < -0.4 is 4.74 Å². The van der Waals surface area contributed by atoms with Crippen molar-refractivity contribution in [2.45, 2.75) is 43.4 Å². The van der Waals surface area contributed by atoms with Gasteiger partial charge in [-0.2, -0.15) is 0 Å². The number of likely N-dealkylation sites (tertiary alicyclic amines) is 1. The third-order valence-corrected chi connectivity index (χ3v) is 8.45. The number of nitrogens with zero attached hydrogens (tertiary/aromatic N) is 2. The fraction of sp³-hybridized carbons (Fsp3) is 0.429. The number of thioether (sulfide) groups is 1. The summed E-state index contributed by atoms with van der Waals surface area (Å²) >= 11 is 0.997. The molecule has 0 aliphatic carbocycles. The predicted octanol–water partition coefficient (Wildman–Crippen LogP) is 5.90. The van der Waals surface area contributed by atoms with Crippen LogP contribution in [0, 0.1) is 22.9 Å². The highest BCUT2D eigenvalue weighted by molar-refractivity contribution is 7.99. The van der Waals surface area contributed by atoms with Gasteiger partial charge in [0.1, 0.15) is 17.7 Å². The summed E-state index contributed by atoms with van der Waals surface area (Å²) in [5.74, 6) is -3.27. The molecule has 1 saturated heterocycles. The van der Waals surface area contributed by atoms with Gasteiger partial charge < -0.3 is 19.8 Å². The molecule has 3 aromatic rings. The highest BCUT2D eigenvalue weighted by atomic mass is 32.2. The molecular formula is C28H30F4N2O4S. The Morgan fingerprint density at radius 2 is 1.95 bits per heavy atom. The molecule has 4 rings (SSSR count). The topological polar surface area (TPSA) is 82.9 Å². The van der Waals surface area contributed by atoms with Gasteiger partial charge in [-0.3, -0.25) is 9.78 Å². The van der Waals surface area contributed by atoms with Crippen molar-refractivity contribution in [1.82, 2.24) is 9.88 Å². The number of pyridine rings is 1. The second-order valence-corrected chi connectivity index (χ2v) is 10.9. The average molecular weight is 567 g/mol. The van der Waals surface area contributed by atoms with Gasteiger partial charge in [0.05, 0.1) is 24.6 Å². The first-order valence-corrected chi connectivity index (χ1v) is 13.6. The summed E-state index contributed by atoms with van der Waals surface area (Å²) in [5, 5.41) is 20.4. The van der Waals surface area contributed by atoms with Gasteiger partial charge in [0, 0.05) is 46.0 Å². The minimum Gasteiger partial charge on any atom is -0.497 e. The summed E-state index contributed by atoms with van der Waals surface area (Å²) in [5.41, 5.74) is 0.0729. The number of aliphatic hydroxyl groups is 1. The van der Waals surface area contributed by atoms with E-state index in [1.807, 2.05) is 4.90 Å². The molecule has 1 fully saturated rings. The minimum atomic E-state index is -1.52. The monoisotopic (exact) mass is 566 g/mol. The van der Waals surface area contributed by atoms with Gasteiger partial charge in [-0.1, -0.05) is 0 Å². The number of ether oxygens (including phenoxy) is 1. The van der Waals surface area contributed by atoms with Gasteiger partial charge in [0.15, 0.2) is 11.6 Å². The molecule has 1 aliphatic heterocycles. The van der Waals surface area contributed by atoms with Gasteiger partial charge >= 0.3 is 5.97 Å². The number of alkyl halides is 1. The second-order valence-electron chi connectivity index (χ2n) is 9.72. The first-order chi connectivity index (χ1) is 18.7. The Bertz CT molecular complexity index is 1330. The van der Waals surface area contributed by atoms with Crippen LogP contribution in [0.4, 0.5) is 17.6 Å². The van der Waals surface area contributed by atoms with Gasteiger partial charge in [0.2, 0.25) is 0 Å². The quantitative estimate of drug-likeness (QED) is 0.170. The minimum absolute atomic E-state index is 0.0457. The first-order valence-electron chi connectivity index (χ1n) is 12.6. The van der Waals surface area contributed by atoms with Crippen molar-refractivity contribution in [1.29, 1.82) is 0 Å². The molecular weight excluding hydrogens is 536 g/mol. The Hall–Kier alpha value is -2.89. The van der Waals surface area contributed by atoms with Crippen LogP contribution in [0.1, 0.15) is 43.0 Å². The molecule has 1 aromatic heterocycles. The Morgan fingerprint density at radius 1 is 1.21 bits per heavy atom. The third kappa shape index (κ3) is 6.47. The molecule has 6 nitrogen and oxygen atoms in total. The Labute approximate surface area is 228 Å². The molecule has 0 bridgehead atoms. The van der Waals surface area contributed by atoms with Crippen molar-refractivity contribution >= 4 is 28.6 Å². The van der Waals surface area contributed by atoms with Crippen molar-refractivity contribution in [3.63, 3.8) is 0 Å². The maximum Gasteiger partial charge on any atom is 0.309 e. The SMILES string of the molecule is COc1ccc2ncc(CO)c([C@@H](F)CCC3(C(=O)O)CCN(CCSc4cc(F)cc(F)c4F)CC3)c2c1. The van der Waals surface area contributed by atoms with Crippen LogP contribution in [-0.4, -0.2) is 58.6 Å². The summed E-state index contributed by atoms with van der Waals surface area (Å²) in [7, 11) is 1.50. The van der Waals surface area contributed by atoms with E-state index < -0.39 is 41.6 Å². The van der Waals surface area contributed by atoms with Crippen LogP contribution in [0.25, 0.3) is 10.9 Å². The first kappa shape index (κ1) is 29.1. The lowest BCUT2D eigenvalue weighted by molar-refractivity contribution is -0.153. The van der Waals surface area contributed by atoms with E-state index in [1.54, 1.807) is 18.2 Å². The van der Waals surface area contributed by atoms with Crippen LogP contribution in [0.2, 0.25) is 0 Å². The third-order valence-electron chi connectivity index (χ3n) is 7.45. The van der Waals surface area contributed by atoms with E-state index in [0.29, 0.717) is 66.5 Å². The number of aromatic nitrogens is 1. The fourth-order valence-corrected chi connectivity index (χ4v) is 6.09. The van der Waals surface area contributed by atoms with E-state index in [4.69, 9.17) is 4.74 Å². The van der Waals surface area contributed by atoms with E-state index in [2.05, 4.69) is 4.98 Å². The number of aliphatic hydroxyl groups excluding tert-OH is 1. The number of hydrogen-bond acceptors (Lipinski definition) is 6. The molecule has 0 unspecified atom stereocenters. The Kier molecular flexibility index (Phi) is 9.35. The summed E-state index contributed by atoms with van der Waals surface area (Å²) in [4.78, 5) is 18.5. The zero-order valence-electron chi connectivity index (χ0n) is 21.4. The zero-order valence-corrected chi connectivity index (χ0v) is 22.2. The molecule has 1 aliphatic rings. The van der Waals surface area contributed by atoms with Crippen molar-refractivity contribution in [2.24, 2.45) is 5.41 Å². The van der Waals surface area contributed by atoms with E-state index in [-0.39, 0.29) is 23.3 Å². The standard InChI is InChI=1S/C28H30F4N2O4S/c1-38-19-2-3-23-20(14-19)25(17(16-35)15-33-23)21(30)4-5-28(27(36)37)6-8-34(9-7-28)10-11-39-24-13-18(29)12-22(31)26(24)32/h2-3,12-15,21,35H,4-11,16H2,1H3,(H,36,37)/t21-/m0/s1. The summed E-state index contributed by atoms with van der Waals surface area (Å²) < 4.78 is 61.8. The number of benzene rings is 2. The number of carboxylic acid groups (broad SMARTS) is 1. The van der Waals surface area contributed by atoms with Crippen LogP contribution in [-0.2, 0) is 11.4 Å². The number of carboxylic acids is 1. The lowest BCUT2D eigenvalue weighted by Crippen LogP contribution is -2.45. The lowest BCUT2D eigenvalue weighted by atomic mass is 9.74. The van der Waals surface area contributed by atoms with Crippen LogP contribution >= 0.6 is 11.8 Å².